The van der Waals surface area contributed by atoms with Crippen LogP contribution in [0.3, 0.4) is 0 Å². The van der Waals surface area contributed by atoms with Gasteiger partial charge in [-0.2, -0.15) is 0 Å². The van der Waals surface area contributed by atoms with Gasteiger partial charge in [-0.25, -0.2) is 8.42 Å². The molecule has 0 amide bonds. The first-order chi connectivity index (χ1) is 5.99. The lowest BCUT2D eigenvalue weighted by atomic mass is 10.2. The summed E-state index contributed by atoms with van der Waals surface area (Å²) in [5.41, 5.74) is 0. The molecule has 0 aromatic heterocycles. The van der Waals surface area contributed by atoms with Crippen molar-refractivity contribution in [2.24, 2.45) is 5.92 Å². The number of hydrogen-bond donors (Lipinski definition) is 1. The zero-order chi connectivity index (χ0) is 9.90. The van der Waals surface area contributed by atoms with Gasteiger partial charge in [0.2, 0.25) is 0 Å². The van der Waals surface area contributed by atoms with Crippen LogP contribution >= 0.6 is 0 Å². The van der Waals surface area contributed by atoms with Crippen LogP contribution in [0.1, 0.15) is 6.42 Å². The third-order valence-electron chi connectivity index (χ3n) is 1.86. The molecule has 1 heterocycles. The zero-order valence-electron chi connectivity index (χ0n) is 7.10. The first-order valence-corrected chi connectivity index (χ1v) is 5.82. The second-order valence-electron chi connectivity index (χ2n) is 3.18. The van der Waals surface area contributed by atoms with Crippen LogP contribution in [0.4, 0.5) is 0 Å². The molecule has 0 radical (unpaired) electrons. The molecule has 0 saturated carbocycles. The molecular formula is C7H12O5S. The molecule has 0 aromatic rings. The second-order valence-corrected chi connectivity index (χ2v) is 5.29. The van der Waals surface area contributed by atoms with Crippen LogP contribution in [0, 0.1) is 5.92 Å². The Bertz CT molecular complexity index is 275. The Labute approximate surface area is 76.6 Å². The van der Waals surface area contributed by atoms with E-state index in [1.165, 1.54) is 0 Å². The molecule has 1 aliphatic heterocycles. The molecule has 1 fully saturated rings. The first-order valence-electron chi connectivity index (χ1n) is 3.99. The fourth-order valence-electron chi connectivity index (χ4n) is 1.32. The van der Waals surface area contributed by atoms with Gasteiger partial charge < -0.3 is 9.84 Å². The highest BCUT2D eigenvalue weighted by Gasteiger charge is 2.24. The van der Waals surface area contributed by atoms with Gasteiger partial charge in [0.15, 0.2) is 9.84 Å². The summed E-state index contributed by atoms with van der Waals surface area (Å²) in [4.78, 5) is 10.2. The van der Waals surface area contributed by atoms with E-state index in [0.717, 1.165) is 0 Å². The molecule has 6 heteroatoms. The minimum absolute atomic E-state index is 0.0238. The number of hydrogen-bond acceptors (Lipinski definition) is 4. The van der Waals surface area contributed by atoms with Crippen LogP contribution in [0.25, 0.3) is 0 Å². The summed E-state index contributed by atoms with van der Waals surface area (Å²) in [6.07, 6.45) is 0.707. The minimum atomic E-state index is -3.44. The SMILES string of the molecule is O=C(O)CS(=O)(=O)CC1CCOC1. The number of ether oxygens (including phenoxy) is 1. The van der Waals surface area contributed by atoms with E-state index in [9.17, 15) is 13.2 Å². The Balaban J connectivity index is 2.46. The average Bonchev–Trinajstić information content (AvgIpc) is 2.34. The van der Waals surface area contributed by atoms with Gasteiger partial charge in [0.25, 0.3) is 0 Å². The lowest BCUT2D eigenvalue weighted by molar-refractivity contribution is -0.134. The summed E-state index contributed by atoms with van der Waals surface area (Å²) in [5.74, 6) is -2.16. The molecule has 5 nitrogen and oxygen atoms in total. The van der Waals surface area contributed by atoms with E-state index in [1.807, 2.05) is 0 Å². The topological polar surface area (TPSA) is 80.7 Å². The molecule has 0 spiro atoms. The maximum absolute atomic E-state index is 11.2. The Hall–Kier alpha value is -0.620. The van der Waals surface area contributed by atoms with Crippen molar-refractivity contribution in [3.05, 3.63) is 0 Å². The number of carboxylic acid groups (broad SMARTS) is 1. The smallest absolute Gasteiger partial charge is 0.318 e. The predicted octanol–water partition coefficient (Wildman–Crippen LogP) is -0.478. The standard InChI is InChI=1S/C7H12O5S/c8-7(9)5-13(10,11)4-6-1-2-12-3-6/h6H,1-5H2,(H,8,9). The van der Waals surface area contributed by atoms with Crippen molar-refractivity contribution in [1.82, 2.24) is 0 Å². The molecule has 0 aliphatic carbocycles. The van der Waals surface area contributed by atoms with E-state index in [0.29, 0.717) is 19.6 Å². The van der Waals surface area contributed by atoms with Gasteiger partial charge in [0.05, 0.1) is 12.4 Å². The lowest BCUT2D eigenvalue weighted by Crippen LogP contribution is -2.23. The fourth-order valence-corrected chi connectivity index (χ4v) is 2.80. The summed E-state index contributed by atoms with van der Waals surface area (Å²) in [7, 11) is -3.44. The van der Waals surface area contributed by atoms with Crippen LogP contribution < -0.4 is 0 Å². The van der Waals surface area contributed by atoms with E-state index in [-0.39, 0.29) is 11.7 Å². The summed E-state index contributed by atoms with van der Waals surface area (Å²) < 4.78 is 27.3. The molecule has 1 rings (SSSR count). The van der Waals surface area contributed by atoms with Gasteiger partial charge in [-0.15, -0.1) is 0 Å². The van der Waals surface area contributed by atoms with Crippen LogP contribution in [0.2, 0.25) is 0 Å². The quantitative estimate of drug-likeness (QED) is 0.675. The van der Waals surface area contributed by atoms with Crippen LogP contribution in [0.5, 0.6) is 0 Å². The maximum Gasteiger partial charge on any atom is 0.318 e. The molecule has 13 heavy (non-hydrogen) atoms. The Kier molecular flexibility index (Phi) is 3.27. The molecule has 1 unspecified atom stereocenters. The number of carbonyl (C=O) groups is 1. The molecule has 0 bridgehead atoms. The number of sulfone groups is 1. The molecule has 1 atom stereocenters. The Morgan fingerprint density at radius 2 is 2.23 bits per heavy atom. The number of rotatable bonds is 4. The van der Waals surface area contributed by atoms with Crippen molar-refractivity contribution in [1.29, 1.82) is 0 Å². The van der Waals surface area contributed by atoms with Crippen molar-refractivity contribution in [3.8, 4) is 0 Å². The molecular weight excluding hydrogens is 196 g/mol. The van der Waals surface area contributed by atoms with Gasteiger partial charge in [-0.05, 0) is 12.3 Å². The van der Waals surface area contributed by atoms with Crippen molar-refractivity contribution in [2.45, 2.75) is 6.42 Å². The normalized spacial score (nSPS) is 23.2. The van der Waals surface area contributed by atoms with Crippen molar-refractivity contribution in [2.75, 3.05) is 24.7 Å². The number of aliphatic carboxylic acids is 1. The Morgan fingerprint density at radius 1 is 1.54 bits per heavy atom. The Morgan fingerprint density at radius 3 is 2.69 bits per heavy atom. The molecule has 76 valence electrons. The van der Waals surface area contributed by atoms with E-state index in [1.54, 1.807) is 0 Å². The van der Waals surface area contributed by atoms with Crippen molar-refractivity contribution < 1.29 is 23.1 Å². The van der Waals surface area contributed by atoms with E-state index >= 15 is 0 Å². The summed E-state index contributed by atoms with van der Waals surface area (Å²) in [6, 6.07) is 0. The fraction of sp³-hybridized carbons (Fsp3) is 0.857. The lowest BCUT2D eigenvalue weighted by Gasteiger charge is -2.06. The number of carboxylic acids is 1. The first kappa shape index (κ1) is 10.5. The van der Waals surface area contributed by atoms with Crippen molar-refractivity contribution in [3.63, 3.8) is 0 Å². The van der Waals surface area contributed by atoms with Crippen molar-refractivity contribution >= 4 is 15.8 Å². The monoisotopic (exact) mass is 208 g/mol. The van der Waals surface area contributed by atoms with E-state index in [4.69, 9.17) is 9.84 Å². The van der Waals surface area contributed by atoms with E-state index in [2.05, 4.69) is 0 Å². The molecule has 1 N–H and O–H groups in total. The average molecular weight is 208 g/mol. The second kappa shape index (κ2) is 4.06. The summed E-state index contributed by atoms with van der Waals surface area (Å²) >= 11 is 0. The van der Waals surface area contributed by atoms with E-state index < -0.39 is 21.6 Å². The third-order valence-corrected chi connectivity index (χ3v) is 3.52. The van der Waals surface area contributed by atoms with Gasteiger partial charge in [0.1, 0.15) is 5.75 Å². The largest absolute Gasteiger partial charge is 0.480 e. The van der Waals surface area contributed by atoms with Crippen LogP contribution in [0.15, 0.2) is 0 Å². The van der Waals surface area contributed by atoms with Gasteiger partial charge in [0, 0.05) is 6.61 Å². The zero-order valence-corrected chi connectivity index (χ0v) is 7.92. The maximum atomic E-state index is 11.2. The molecule has 1 aliphatic rings. The highest BCUT2D eigenvalue weighted by Crippen LogP contribution is 2.14. The highest BCUT2D eigenvalue weighted by atomic mass is 32.2. The summed E-state index contributed by atoms with van der Waals surface area (Å²) in [5, 5.41) is 8.31. The highest BCUT2D eigenvalue weighted by molar-refractivity contribution is 7.92. The van der Waals surface area contributed by atoms with Crippen LogP contribution in [-0.4, -0.2) is 44.2 Å². The van der Waals surface area contributed by atoms with Gasteiger partial charge in [-0.1, -0.05) is 0 Å². The van der Waals surface area contributed by atoms with Gasteiger partial charge in [-0.3, -0.25) is 4.79 Å². The third kappa shape index (κ3) is 3.73. The summed E-state index contributed by atoms with van der Waals surface area (Å²) in [6.45, 7) is 1.01. The van der Waals surface area contributed by atoms with Crippen LogP contribution in [-0.2, 0) is 19.4 Å². The molecule has 1 saturated heterocycles. The van der Waals surface area contributed by atoms with Gasteiger partial charge >= 0.3 is 5.97 Å². The molecule has 0 aromatic carbocycles. The predicted molar refractivity (Wildman–Crippen MR) is 45.2 cm³/mol. The minimum Gasteiger partial charge on any atom is -0.480 e.